The number of aliphatic hydroxyl groups excluding tert-OH is 2. The lowest BCUT2D eigenvalue weighted by Crippen LogP contribution is -2.41. The van der Waals surface area contributed by atoms with Crippen molar-refractivity contribution in [2.45, 2.75) is 23.5 Å². The van der Waals surface area contributed by atoms with Crippen LogP contribution in [0.4, 0.5) is 10.1 Å². The minimum absolute atomic E-state index is 0.117. The molecule has 0 fully saturated rings. The first-order valence-electron chi connectivity index (χ1n) is 10.7. The molecule has 6 N–H and O–H groups in total. The van der Waals surface area contributed by atoms with Crippen molar-refractivity contribution in [1.29, 1.82) is 0 Å². The van der Waals surface area contributed by atoms with E-state index in [1.54, 1.807) is 24.3 Å². The van der Waals surface area contributed by atoms with Crippen LogP contribution in [0.15, 0.2) is 71.6 Å². The molecule has 0 aromatic heterocycles. The van der Waals surface area contributed by atoms with Gasteiger partial charge in [0.15, 0.2) is 0 Å². The number of hydrogen-bond donors (Lipinski definition) is 6. The van der Waals surface area contributed by atoms with Gasteiger partial charge in [-0.3, -0.25) is 4.72 Å². The van der Waals surface area contributed by atoms with Gasteiger partial charge in [-0.15, -0.1) is 0 Å². The fourth-order valence-electron chi connectivity index (χ4n) is 3.18. The quantitative estimate of drug-likeness (QED) is 0.204. The van der Waals surface area contributed by atoms with Crippen LogP contribution in [0, 0.1) is 5.82 Å². The van der Waals surface area contributed by atoms with Gasteiger partial charge in [-0.1, -0.05) is 12.1 Å². The van der Waals surface area contributed by atoms with Crippen LogP contribution in [0.1, 0.15) is 5.56 Å². The predicted octanol–water partition coefficient (Wildman–Crippen LogP) is 1.97. The molecule has 0 heterocycles. The van der Waals surface area contributed by atoms with Crippen LogP contribution in [-0.4, -0.2) is 60.7 Å². The number of rotatable bonds is 12. The van der Waals surface area contributed by atoms with Crippen molar-refractivity contribution >= 4 is 15.7 Å². The molecule has 0 radical (unpaired) electrons. The van der Waals surface area contributed by atoms with Crippen molar-refractivity contribution in [2.24, 2.45) is 0 Å². The molecule has 0 aliphatic rings. The number of ether oxygens (including phenoxy) is 1. The van der Waals surface area contributed by atoms with Gasteiger partial charge in [-0.05, 0) is 60.5 Å². The fraction of sp³-hybridized carbons (Fsp3) is 0.250. The van der Waals surface area contributed by atoms with Crippen molar-refractivity contribution in [1.82, 2.24) is 5.32 Å². The van der Waals surface area contributed by atoms with Gasteiger partial charge in [0, 0.05) is 18.7 Å². The fourth-order valence-corrected chi connectivity index (χ4v) is 4.24. The van der Waals surface area contributed by atoms with Gasteiger partial charge in [-0.2, -0.15) is 0 Å². The van der Waals surface area contributed by atoms with E-state index in [9.17, 15) is 33.2 Å². The topological polar surface area (TPSA) is 148 Å². The highest BCUT2D eigenvalue weighted by Crippen LogP contribution is 2.30. The summed E-state index contributed by atoms with van der Waals surface area (Å²) in [7, 11) is -4.08. The summed E-state index contributed by atoms with van der Waals surface area (Å²) in [6, 6.07) is 14.4. The van der Waals surface area contributed by atoms with E-state index in [2.05, 4.69) is 10.0 Å². The van der Waals surface area contributed by atoms with Crippen LogP contribution in [-0.2, 0) is 16.4 Å². The van der Waals surface area contributed by atoms with Crippen LogP contribution in [0.2, 0.25) is 0 Å². The molecule has 0 bridgehead atoms. The zero-order valence-electron chi connectivity index (χ0n) is 18.6. The average molecular weight is 507 g/mol. The standard InChI is InChI=1S/C24H27FN2O7S/c25-17-3-8-22(9-4-17)35(32,33)27-23-12-21(7-10-24(23)31)34-15-20(30)13-26-18(14-28)11-16-1-5-19(29)6-2-16/h1-10,12,18,20,26-31H,11,13-15H2/t18-,20-/m0/s1. The SMILES string of the molecule is O=S(=O)(Nc1cc(OC[C@@H](O)CN[C@H](CO)Cc2ccc(O)cc2)ccc1O)c1ccc(F)cc1. The highest BCUT2D eigenvalue weighted by molar-refractivity contribution is 7.92. The zero-order valence-corrected chi connectivity index (χ0v) is 19.5. The largest absolute Gasteiger partial charge is 0.508 e. The number of halogens is 1. The summed E-state index contributed by atoms with van der Waals surface area (Å²) in [6.07, 6.45) is -0.461. The highest BCUT2D eigenvalue weighted by atomic mass is 32.2. The first kappa shape index (κ1) is 26.2. The van der Waals surface area contributed by atoms with Gasteiger partial charge in [0.25, 0.3) is 10.0 Å². The van der Waals surface area contributed by atoms with E-state index in [4.69, 9.17) is 4.74 Å². The molecular formula is C24H27FN2O7S. The van der Waals surface area contributed by atoms with E-state index < -0.39 is 21.9 Å². The van der Waals surface area contributed by atoms with Crippen molar-refractivity contribution in [2.75, 3.05) is 24.5 Å². The van der Waals surface area contributed by atoms with E-state index in [0.717, 1.165) is 29.8 Å². The number of phenolic OH excluding ortho intramolecular Hbond substituents is 2. The monoisotopic (exact) mass is 506 g/mol. The molecule has 0 saturated heterocycles. The molecule has 11 heteroatoms. The Bertz CT molecular complexity index is 1210. The van der Waals surface area contributed by atoms with Gasteiger partial charge in [0.2, 0.25) is 0 Å². The first-order valence-corrected chi connectivity index (χ1v) is 12.2. The molecule has 3 rings (SSSR count). The number of anilines is 1. The van der Waals surface area contributed by atoms with Crippen molar-refractivity contribution < 1.29 is 38.0 Å². The van der Waals surface area contributed by atoms with E-state index in [0.29, 0.717) is 6.42 Å². The molecule has 3 aromatic rings. The van der Waals surface area contributed by atoms with Crippen LogP contribution >= 0.6 is 0 Å². The normalized spacial score (nSPS) is 13.2. The summed E-state index contributed by atoms with van der Waals surface area (Å²) in [6.45, 7) is -0.186. The molecule has 0 aliphatic carbocycles. The smallest absolute Gasteiger partial charge is 0.262 e. The van der Waals surface area contributed by atoms with Crippen LogP contribution < -0.4 is 14.8 Å². The average Bonchev–Trinajstić information content (AvgIpc) is 2.83. The van der Waals surface area contributed by atoms with Crippen molar-refractivity contribution in [3.05, 3.63) is 78.1 Å². The minimum Gasteiger partial charge on any atom is -0.508 e. The molecule has 0 saturated carbocycles. The Labute approximate surface area is 202 Å². The summed E-state index contributed by atoms with van der Waals surface area (Å²) in [5, 5.41) is 42.3. The first-order chi connectivity index (χ1) is 16.7. The lowest BCUT2D eigenvalue weighted by Gasteiger charge is -2.19. The minimum atomic E-state index is -4.08. The number of nitrogens with one attached hydrogen (secondary N) is 2. The summed E-state index contributed by atoms with van der Waals surface area (Å²) < 4.78 is 45.8. The van der Waals surface area contributed by atoms with Gasteiger partial charge >= 0.3 is 0 Å². The summed E-state index contributed by atoms with van der Waals surface area (Å²) in [5.74, 6) is -0.580. The van der Waals surface area contributed by atoms with Crippen molar-refractivity contribution in [3.8, 4) is 17.2 Å². The lowest BCUT2D eigenvalue weighted by molar-refractivity contribution is 0.0997. The molecule has 188 valence electrons. The molecule has 9 nitrogen and oxygen atoms in total. The highest BCUT2D eigenvalue weighted by Gasteiger charge is 2.17. The van der Waals surface area contributed by atoms with E-state index >= 15 is 0 Å². The van der Waals surface area contributed by atoms with Gasteiger partial charge in [0.1, 0.15) is 35.8 Å². The molecule has 0 spiro atoms. The zero-order chi connectivity index (χ0) is 25.4. The maximum atomic E-state index is 13.1. The predicted molar refractivity (Wildman–Crippen MR) is 128 cm³/mol. The maximum Gasteiger partial charge on any atom is 0.262 e. The lowest BCUT2D eigenvalue weighted by atomic mass is 10.1. The van der Waals surface area contributed by atoms with Crippen molar-refractivity contribution in [3.63, 3.8) is 0 Å². The second-order valence-corrected chi connectivity index (χ2v) is 9.54. The molecule has 3 aromatic carbocycles. The molecule has 2 atom stereocenters. The number of aromatic hydroxyl groups is 2. The third-order valence-electron chi connectivity index (χ3n) is 5.06. The third kappa shape index (κ3) is 7.82. The number of hydrogen-bond acceptors (Lipinski definition) is 8. The number of phenols is 2. The Hall–Kier alpha value is -3.38. The van der Waals surface area contributed by atoms with Crippen LogP contribution in [0.25, 0.3) is 0 Å². The maximum absolute atomic E-state index is 13.1. The Morgan fingerprint density at radius 3 is 2.31 bits per heavy atom. The number of sulfonamides is 1. The summed E-state index contributed by atoms with van der Waals surface area (Å²) >= 11 is 0. The van der Waals surface area contributed by atoms with Gasteiger partial charge in [-0.25, -0.2) is 12.8 Å². The molecule has 0 amide bonds. The Morgan fingerprint density at radius 1 is 0.971 bits per heavy atom. The Morgan fingerprint density at radius 2 is 1.66 bits per heavy atom. The number of benzene rings is 3. The van der Waals surface area contributed by atoms with E-state index in [1.807, 2.05) is 0 Å². The van der Waals surface area contributed by atoms with E-state index in [-0.39, 0.29) is 53.6 Å². The molecule has 0 unspecified atom stereocenters. The molecule has 35 heavy (non-hydrogen) atoms. The Kier molecular flexibility index (Phi) is 8.88. The summed E-state index contributed by atoms with van der Waals surface area (Å²) in [5.41, 5.74) is 0.758. The molecule has 0 aliphatic heterocycles. The third-order valence-corrected chi connectivity index (χ3v) is 6.44. The van der Waals surface area contributed by atoms with Gasteiger partial charge in [0.05, 0.1) is 17.2 Å². The Balaban J connectivity index is 1.54. The summed E-state index contributed by atoms with van der Waals surface area (Å²) in [4.78, 5) is -0.183. The van der Waals surface area contributed by atoms with Crippen LogP contribution in [0.5, 0.6) is 17.2 Å². The number of aliphatic hydroxyl groups is 2. The second kappa shape index (κ2) is 11.8. The molecular weight excluding hydrogens is 479 g/mol. The van der Waals surface area contributed by atoms with Gasteiger partial charge < -0.3 is 30.5 Å². The second-order valence-electron chi connectivity index (χ2n) is 7.86. The van der Waals surface area contributed by atoms with Crippen LogP contribution in [0.3, 0.4) is 0 Å². The van der Waals surface area contributed by atoms with E-state index in [1.165, 1.54) is 18.2 Å².